The summed E-state index contributed by atoms with van der Waals surface area (Å²) in [6, 6.07) is 25.4. The number of hydrogen-bond acceptors (Lipinski definition) is 4. The first-order valence-electron chi connectivity index (χ1n) is 8.65. The lowest BCUT2D eigenvalue weighted by molar-refractivity contribution is 0.412. The Balaban J connectivity index is 1.69. The van der Waals surface area contributed by atoms with Crippen molar-refractivity contribution in [2.45, 2.75) is 6.92 Å². The molecule has 3 aromatic carbocycles. The van der Waals surface area contributed by atoms with Gasteiger partial charge >= 0.3 is 0 Å². The van der Waals surface area contributed by atoms with Crippen LogP contribution < -0.4 is 9.47 Å². The molecular weight excluding hydrogens is 338 g/mol. The SMILES string of the molecule is COc1ccccc1-n1c(C)nnc1-c1ccc(Oc2ccccc2)cc1. The molecule has 0 spiro atoms. The minimum Gasteiger partial charge on any atom is -0.495 e. The van der Waals surface area contributed by atoms with Crippen molar-refractivity contribution in [2.24, 2.45) is 0 Å². The fraction of sp³-hybridized carbons (Fsp3) is 0.0909. The average Bonchev–Trinajstić information content (AvgIpc) is 3.10. The number of ether oxygens (including phenoxy) is 2. The molecule has 1 aromatic heterocycles. The molecule has 0 aliphatic heterocycles. The van der Waals surface area contributed by atoms with Gasteiger partial charge in [0.2, 0.25) is 0 Å². The van der Waals surface area contributed by atoms with Crippen molar-refractivity contribution in [1.29, 1.82) is 0 Å². The van der Waals surface area contributed by atoms with Crippen molar-refractivity contribution in [1.82, 2.24) is 14.8 Å². The molecule has 0 aliphatic carbocycles. The Bertz CT molecular complexity index is 1040. The van der Waals surface area contributed by atoms with E-state index in [1.54, 1.807) is 7.11 Å². The molecule has 27 heavy (non-hydrogen) atoms. The van der Waals surface area contributed by atoms with Gasteiger partial charge in [0, 0.05) is 5.56 Å². The zero-order valence-corrected chi connectivity index (χ0v) is 15.2. The van der Waals surface area contributed by atoms with Gasteiger partial charge in [0.1, 0.15) is 23.1 Å². The Morgan fingerprint density at radius 2 is 1.41 bits per heavy atom. The van der Waals surface area contributed by atoms with Crippen LogP contribution in [0.1, 0.15) is 5.82 Å². The average molecular weight is 357 g/mol. The van der Waals surface area contributed by atoms with Crippen LogP contribution in [-0.4, -0.2) is 21.9 Å². The van der Waals surface area contributed by atoms with Gasteiger partial charge in [0.25, 0.3) is 0 Å². The number of rotatable bonds is 5. The van der Waals surface area contributed by atoms with Gasteiger partial charge in [0.15, 0.2) is 5.82 Å². The fourth-order valence-electron chi connectivity index (χ4n) is 2.95. The molecule has 0 unspecified atom stereocenters. The van der Waals surface area contributed by atoms with E-state index in [4.69, 9.17) is 9.47 Å². The number of benzene rings is 3. The zero-order chi connectivity index (χ0) is 18.6. The molecule has 0 amide bonds. The third-order valence-corrected chi connectivity index (χ3v) is 4.24. The van der Waals surface area contributed by atoms with E-state index in [0.29, 0.717) is 0 Å². The highest BCUT2D eigenvalue weighted by Crippen LogP contribution is 2.30. The van der Waals surface area contributed by atoms with E-state index in [1.165, 1.54) is 0 Å². The first kappa shape index (κ1) is 16.8. The number of aryl methyl sites for hydroxylation is 1. The molecule has 1 heterocycles. The number of aromatic nitrogens is 3. The van der Waals surface area contributed by atoms with Crippen LogP contribution in [0.2, 0.25) is 0 Å². The fourth-order valence-corrected chi connectivity index (χ4v) is 2.95. The van der Waals surface area contributed by atoms with Crippen LogP contribution in [0, 0.1) is 6.92 Å². The summed E-state index contributed by atoms with van der Waals surface area (Å²) in [4.78, 5) is 0. The maximum Gasteiger partial charge on any atom is 0.168 e. The third kappa shape index (κ3) is 3.40. The summed E-state index contributed by atoms with van der Waals surface area (Å²) in [6.07, 6.45) is 0. The van der Waals surface area contributed by atoms with Crippen LogP contribution in [0.25, 0.3) is 17.1 Å². The standard InChI is InChI=1S/C22H19N3O2/c1-16-23-24-22(25(16)20-10-6-7-11-21(20)26-2)17-12-14-19(15-13-17)27-18-8-4-3-5-9-18/h3-15H,1-2H3. The van der Waals surface area contributed by atoms with E-state index in [-0.39, 0.29) is 0 Å². The van der Waals surface area contributed by atoms with E-state index >= 15 is 0 Å². The Hall–Kier alpha value is -3.60. The molecular formula is C22H19N3O2. The predicted molar refractivity (Wildman–Crippen MR) is 105 cm³/mol. The largest absolute Gasteiger partial charge is 0.495 e. The van der Waals surface area contributed by atoms with E-state index in [1.807, 2.05) is 90.4 Å². The predicted octanol–water partition coefficient (Wildman–Crippen LogP) is 5.04. The van der Waals surface area contributed by atoms with E-state index < -0.39 is 0 Å². The Morgan fingerprint density at radius 3 is 2.15 bits per heavy atom. The highest BCUT2D eigenvalue weighted by Gasteiger charge is 2.16. The van der Waals surface area contributed by atoms with Crippen molar-refractivity contribution < 1.29 is 9.47 Å². The number of nitrogens with zero attached hydrogens (tertiary/aromatic N) is 3. The summed E-state index contributed by atoms with van der Waals surface area (Å²) in [5.41, 5.74) is 1.85. The number of hydrogen-bond donors (Lipinski definition) is 0. The molecule has 0 aliphatic rings. The van der Waals surface area contributed by atoms with E-state index in [0.717, 1.165) is 40.1 Å². The quantitative estimate of drug-likeness (QED) is 0.502. The van der Waals surface area contributed by atoms with Gasteiger partial charge in [0.05, 0.1) is 12.8 Å². The molecule has 0 bridgehead atoms. The zero-order valence-electron chi connectivity index (χ0n) is 15.2. The van der Waals surface area contributed by atoms with Crippen LogP contribution >= 0.6 is 0 Å². The maximum absolute atomic E-state index is 5.86. The third-order valence-electron chi connectivity index (χ3n) is 4.24. The summed E-state index contributed by atoms with van der Waals surface area (Å²) >= 11 is 0. The smallest absolute Gasteiger partial charge is 0.168 e. The lowest BCUT2D eigenvalue weighted by Gasteiger charge is -2.13. The van der Waals surface area contributed by atoms with Gasteiger partial charge in [-0.15, -0.1) is 10.2 Å². The number of para-hydroxylation sites is 3. The second kappa shape index (κ2) is 7.33. The molecule has 0 radical (unpaired) electrons. The van der Waals surface area contributed by atoms with Crippen molar-refractivity contribution in [2.75, 3.05) is 7.11 Å². The molecule has 0 fully saturated rings. The normalized spacial score (nSPS) is 10.6. The van der Waals surface area contributed by atoms with Gasteiger partial charge in [-0.1, -0.05) is 30.3 Å². The lowest BCUT2D eigenvalue weighted by Crippen LogP contribution is -2.02. The first-order valence-corrected chi connectivity index (χ1v) is 8.65. The molecule has 134 valence electrons. The lowest BCUT2D eigenvalue weighted by atomic mass is 10.2. The Kier molecular flexibility index (Phi) is 4.58. The van der Waals surface area contributed by atoms with Gasteiger partial charge < -0.3 is 9.47 Å². The maximum atomic E-state index is 5.86. The van der Waals surface area contributed by atoms with Crippen LogP contribution in [0.15, 0.2) is 78.9 Å². The second-order valence-electron chi connectivity index (χ2n) is 6.02. The summed E-state index contributed by atoms with van der Waals surface area (Å²) in [5, 5.41) is 8.63. The molecule has 5 nitrogen and oxygen atoms in total. The van der Waals surface area contributed by atoms with E-state index in [9.17, 15) is 0 Å². The van der Waals surface area contributed by atoms with Gasteiger partial charge in [-0.3, -0.25) is 4.57 Å². The van der Waals surface area contributed by atoms with Gasteiger partial charge in [-0.25, -0.2) is 0 Å². The van der Waals surface area contributed by atoms with Crippen molar-refractivity contribution in [3.05, 3.63) is 84.7 Å². The molecule has 5 heteroatoms. The molecule has 0 N–H and O–H groups in total. The van der Waals surface area contributed by atoms with Crippen LogP contribution in [-0.2, 0) is 0 Å². The monoisotopic (exact) mass is 357 g/mol. The number of methoxy groups -OCH3 is 1. The van der Waals surface area contributed by atoms with Crippen LogP contribution in [0.5, 0.6) is 17.2 Å². The highest BCUT2D eigenvalue weighted by atomic mass is 16.5. The first-order chi connectivity index (χ1) is 13.3. The second-order valence-corrected chi connectivity index (χ2v) is 6.02. The molecule has 4 rings (SSSR count). The Labute approximate surface area is 157 Å². The van der Waals surface area contributed by atoms with Crippen LogP contribution in [0.3, 0.4) is 0 Å². The molecule has 4 aromatic rings. The molecule has 0 saturated carbocycles. The van der Waals surface area contributed by atoms with Crippen molar-refractivity contribution in [3.63, 3.8) is 0 Å². The van der Waals surface area contributed by atoms with Crippen molar-refractivity contribution >= 4 is 0 Å². The summed E-state index contributed by atoms with van der Waals surface area (Å²) < 4.78 is 13.4. The summed E-state index contributed by atoms with van der Waals surface area (Å²) in [7, 11) is 1.66. The topological polar surface area (TPSA) is 49.2 Å². The van der Waals surface area contributed by atoms with E-state index in [2.05, 4.69) is 10.2 Å². The minimum atomic E-state index is 0.753. The van der Waals surface area contributed by atoms with Gasteiger partial charge in [-0.05, 0) is 55.5 Å². The van der Waals surface area contributed by atoms with Crippen molar-refractivity contribution in [3.8, 4) is 34.3 Å². The summed E-state index contributed by atoms with van der Waals surface area (Å²) in [6.45, 7) is 1.93. The van der Waals surface area contributed by atoms with Gasteiger partial charge in [-0.2, -0.15) is 0 Å². The van der Waals surface area contributed by atoms with Crippen LogP contribution in [0.4, 0.5) is 0 Å². The Morgan fingerprint density at radius 1 is 0.741 bits per heavy atom. The molecule has 0 saturated heterocycles. The summed E-state index contributed by atoms with van der Waals surface area (Å²) in [5.74, 6) is 3.89. The molecule has 0 atom stereocenters. The minimum absolute atomic E-state index is 0.753. The highest BCUT2D eigenvalue weighted by molar-refractivity contribution is 5.62.